The second-order valence-corrected chi connectivity index (χ2v) is 8.51. The Morgan fingerprint density at radius 3 is 1.94 bits per heavy atom. The molecule has 4 aromatic rings. The molecule has 1 atom stereocenters. The summed E-state index contributed by atoms with van der Waals surface area (Å²) in [6.07, 6.45) is -0.483. The van der Waals surface area contributed by atoms with Crippen molar-refractivity contribution < 1.29 is 9.53 Å². The topological polar surface area (TPSA) is 66.5 Å². The molecule has 1 unspecified atom stereocenters. The van der Waals surface area contributed by atoms with Crippen molar-refractivity contribution in [3.05, 3.63) is 130 Å². The van der Waals surface area contributed by atoms with Gasteiger partial charge in [-0.1, -0.05) is 78.4 Å². The van der Waals surface area contributed by atoms with Gasteiger partial charge in [0.1, 0.15) is 6.61 Å². The van der Waals surface area contributed by atoms with Crippen molar-refractivity contribution in [1.82, 2.24) is 5.32 Å². The number of aryl methyl sites for hydroxylation is 1. The molecule has 0 radical (unpaired) electrons. The summed E-state index contributed by atoms with van der Waals surface area (Å²) in [5.74, 6) is 0.00132. The van der Waals surface area contributed by atoms with Gasteiger partial charge in [-0.05, 0) is 52.4 Å². The van der Waals surface area contributed by atoms with Crippen LogP contribution in [0.1, 0.15) is 39.8 Å². The van der Waals surface area contributed by atoms with Gasteiger partial charge in [-0.2, -0.15) is 0 Å². The Hall–Kier alpha value is -4.43. The summed E-state index contributed by atoms with van der Waals surface area (Å²) in [5.41, 5.74) is 8.13. The van der Waals surface area contributed by atoms with Crippen LogP contribution >= 0.6 is 0 Å². The second kappa shape index (κ2) is 9.21. The predicted molar refractivity (Wildman–Crippen MR) is 132 cm³/mol. The Bertz CT molecular complexity index is 1330. The number of amides is 1. The molecule has 1 aliphatic rings. The summed E-state index contributed by atoms with van der Waals surface area (Å²) in [7, 11) is 0. The lowest BCUT2D eigenvalue weighted by Gasteiger charge is -2.21. The van der Waals surface area contributed by atoms with Crippen LogP contribution in [0.15, 0.2) is 97.1 Å². The van der Waals surface area contributed by atoms with E-state index in [0.717, 1.165) is 16.7 Å². The van der Waals surface area contributed by atoms with Crippen LogP contribution in [0.5, 0.6) is 0 Å². The molecule has 0 heterocycles. The highest BCUT2D eigenvalue weighted by molar-refractivity contribution is 5.79. The van der Waals surface area contributed by atoms with Gasteiger partial charge in [-0.15, -0.1) is 0 Å². The molecule has 5 heteroatoms. The Morgan fingerprint density at radius 2 is 1.38 bits per heavy atom. The van der Waals surface area contributed by atoms with Gasteiger partial charge >= 0.3 is 11.8 Å². The molecule has 0 saturated heterocycles. The van der Waals surface area contributed by atoms with Crippen molar-refractivity contribution in [3.8, 4) is 11.1 Å². The molecule has 5 rings (SSSR count). The standard InChI is InChI=1S/C29H23N3O2/c1-19-10-12-20(13-11-19)28(21-14-16-22(32-30)17-15-21)31-29(33)34-18-27-25-8-4-2-6-23(25)24-7-3-5-9-26(24)27/h2-17,27-28H,18H2,1H3/p+1. The SMILES string of the molecule is Cc1ccc(C(NC(=O)OCC2c3ccccc3-c3ccccc32)c2ccc([N+]#N)cc2)cc1. The van der Waals surface area contributed by atoms with Crippen LogP contribution in [-0.2, 0) is 4.74 Å². The van der Waals surface area contributed by atoms with E-state index in [9.17, 15) is 4.79 Å². The molecular formula is C29H24N3O2+. The number of hydrogen-bond acceptors (Lipinski definition) is 3. The van der Waals surface area contributed by atoms with Gasteiger partial charge in [-0.3, -0.25) is 0 Å². The van der Waals surface area contributed by atoms with Gasteiger partial charge in [0.25, 0.3) is 0 Å². The molecule has 34 heavy (non-hydrogen) atoms. The van der Waals surface area contributed by atoms with E-state index in [-0.39, 0.29) is 12.5 Å². The number of nitrogens with zero attached hydrogens (tertiary/aromatic N) is 2. The van der Waals surface area contributed by atoms with Crippen molar-refractivity contribution in [2.45, 2.75) is 18.9 Å². The first-order valence-corrected chi connectivity index (χ1v) is 11.3. The van der Waals surface area contributed by atoms with Gasteiger partial charge in [0.05, 0.1) is 6.04 Å². The third kappa shape index (κ3) is 4.14. The smallest absolute Gasteiger partial charge is 0.407 e. The monoisotopic (exact) mass is 446 g/mol. The van der Waals surface area contributed by atoms with Crippen LogP contribution in [-0.4, -0.2) is 12.7 Å². The largest absolute Gasteiger partial charge is 0.449 e. The summed E-state index contributed by atoms with van der Waals surface area (Å²) < 4.78 is 5.77. The Kier molecular flexibility index (Phi) is 5.80. The van der Waals surface area contributed by atoms with E-state index < -0.39 is 12.1 Å². The molecule has 0 aliphatic heterocycles. The average Bonchev–Trinajstić information content (AvgIpc) is 3.20. The zero-order valence-corrected chi connectivity index (χ0v) is 18.8. The number of benzene rings is 4. The number of alkyl carbamates (subject to hydrolysis) is 1. The maximum atomic E-state index is 13.0. The van der Waals surface area contributed by atoms with Crippen LogP contribution in [0.4, 0.5) is 10.5 Å². The van der Waals surface area contributed by atoms with Crippen molar-refractivity contribution in [2.75, 3.05) is 6.61 Å². The van der Waals surface area contributed by atoms with Crippen LogP contribution in [0, 0.1) is 12.3 Å². The molecule has 0 saturated carbocycles. The predicted octanol–water partition coefficient (Wildman–Crippen LogP) is 7.11. The molecule has 0 aromatic heterocycles. The number of fused-ring (bicyclic) bond motifs is 3. The summed E-state index contributed by atoms with van der Waals surface area (Å²) in [5, 5.41) is 12.0. The van der Waals surface area contributed by atoms with E-state index in [1.807, 2.05) is 67.6 Å². The molecular weight excluding hydrogens is 422 g/mol. The first kappa shape index (κ1) is 21.4. The fourth-order valence-electron chi connectivity index (χ4n) is 4.61. The molecule has 5 nitrogen and oxygen atoms in total. The number of rotatable bonds is 5. The fraction of sp³-hybridized carbons (Fsp3) is 0.138. The second-order valence-electron chi connectivity index (χ2n) is 8.51. The lowest BCUT2D eigenvalue weighted by atomic mass is 9.97. The number of carbonyl (C=O) groups is 1. The van der Waals surface area contributed by atoms with Crippen molar-refractivity contribution in [3.63, 3.8) is 0 Å². The summed E-state index contributed by atoms with van der Waals surface area (Å²) >= 11 is 0. The van der Waals surface area contributed by atoms with E-state index in [1.165, 1.54) is 22.3 Å². The highest BCUT2D eigenvalue weighted by Crippen LogP contribution is 2.44. The molecule has 4 aromatic carbocycles. The van der Waals surface area contributed by atoms with Gasteiger partial charge in [-0.25, -0.2) is 4.79 Å². The fourth-order valence-corrected chi connectivity index (χ4v) is 4.61. The minimum absolute atomic E-state index is 0.00132. The molecule has 1 aliphatic carbocycles. The number of ether oxygens (including phenoxy) is 1. The van der Waals surface area contributed by atoms with Crippen molar-refractivity contribution in [1.29, 1.82) is 5.39 Å². The lowest BCUT2D eigenvalue weighted by Crippen LogP contribution is -2.31. The minimum atomic E-state index is -0.483. The zero-order valence-electron chi connectivity index (χ0n) is 18.8. The molecule has 0 bridgehead atoms. The van der Waals surface area contributed by atoms with E-state index >= 15 is 0 Å². The number of nitrogens with one attached hydrogen (secondary N) is 1. The molecule has 0 fully saturated rings. The van der Waals surface area contributed by atoms with E-state index in [2.05, 4.69) is 34.6 Å². The van der Waals surface area contributed by atoms with Crippen molar-refractivity contribution >= 4 is 11.8 Å². The van der Waals surface area contributed by atoms with Crippen LogP contribution in [0.25, 0.3) is 16.1 Å². The van der Waals surface area contributed by atoms with Gasteiger partial charge in [0.2, 0.25) is 5.39 Å². The molecule has 1 N–H and O–H groups in total. The first-order chi connectivity index (χ1) is 16.6. The normalized spacial score (nSPS) is 12.8. The minimum Gasteiger partial charge on any atom is -0.449 e. The third-order valence-corrected chi connectivity index (χ3v) is 6.36. The number of hydrogen-bond donors (Lipinski definition) is 1. The van der Waals surface area contributed by atoms with Crippen LogP contribution in [0.2, 0.25) is 0 Å². The van der Waals surface area contributed by atoms with E-state index in [1.54, 1.807) is 12.1 Å². The van der Waals surface area contributed by atoms with Gasteiger partial charge in [0.15, 0.2) is 4.98 Å². The Labute approximate surface area is 198 Å². The highest BCUT2D eigenvalue weighted by atomic mass is 16.5. The van der Waals surface area contributed by atoms with E-state index in [4.69, 9.17) is 10.1 Å². The maximum Gasteiger partial charge on any atom is 0.407 e. The Morgan fingerprint density at radius 1 is 0.853 bits per heavy atom. The third-order valence-electron chi connectivity index (χ3n) is 6.36. The molecule has 1 amide bonds. The summed E-state index contributed by atoms with van der Waals surface area (Å²) in [4.78, 5) is 16.2. The average molecular weight is 447 g/mol. The molecule has 166 valence electrons. The summed E-state index contributed by atoms with van der Waals surface area (Å²) in [6, 6.07) is 31.2. The van der Waals surface area contributed by atoms with Crippen molar-refractivity contribution in [2.24, 2.45) is 0 Å². The van der Waals surface area contributed by atoms with Crippen LogP contribution in [0.3, 0.4) is 0 Å². The summed E-state index contributed by atoms with van der Waals surface area (Å²) in [6.45, 7) is 2.28. The Balaban J connectivity index is 1.36. The molecule has 0 spiro atoms. The highest BCUT2D eigenvalue weighted by Gasteiger charge is 2.29. The van der Waals surface area contributed by atoms with E-state index in [0.29, 0.717) is 5.69 Å². The quantitative estimate of drug-likeness (QED) is 0.332. The lowest BCUT2D eigenvalue weighted by molar-refractivity contribution is 0.140. The van der Waals surface area contributed by atoms with Gasteiger partial charge < -0.3 is 10.1 Å². The van der Waals surface area contributed by atoms with Gasteiger partial charge in [0, 0.05) is 18.1 Å². The first-order valence-electron chi connectivity index (χ1n) is 11.3. The van der Waals surface area contributed by atoms with Crippen LogP contribution < -0.4 is 5.32 Å². The number of diazo groups is 1. The maximum absolute atomic E-state index is 13.0. The zero-order chi connectivity index (χ0) is 23.5. The number of carbonyl (C=O) groups excluding carboxylic acids is 1.